The van der Waals surface area contributed by atoms with E-state index in [2.05, 4.69) is 4.99 Å². The van der Waals surface area contributed by atoms with E-state index < -0.39 is 0 Å². The smallest absolute Gasteiger partial charge is 0.0784 e. The zero-order chi connectivity index (χ0) is 8.10. The first-order valence-electron chi connectivity index (χ1n) is 3.32. The third-order valence-electron chi connectivity index (χ3n) is 1.22. The van der Waals surface area contributed by atoms with Crippen LogP contribution in [0.4, 0.5) is 11.4 Å². The predicted octanol–water partition coefficient (Wildman–Crippen LogP) is 0.963. The fraction of sp³-hybridized carbons (Fsp3) is 0.125. The van der Waals surface area contributed by atoms with E-state index in [1.807, 2.05) is 0 Å². The van der Waals surface area contributed by atoms with Crippen molar-refractivity contribution in [3.63, 3.8) is 0 Å². The van der Waals surface area contributed by atoms with Gasteiger partial charge in [0.25, 0.3) is 0 Å². The van der Waals surface area contributed by atoms with E-state index >= 15 is 0 Å². The molecule has 3 heteroatoms. The molecule has 58 valence electrons. The number of benzene rings is 1. The summed E-state index contributed by atoms with van der Waals surface area (Å²) in [7, 11) is 0. The number of aliphatic imine (C=N–C) groups is 1. The van der Waals surface area contributed by atoms with Crippen molar-refractivity contribution in [2.75, 3.05) is 12.3 Å². The Bertz CT molecular complexity index is 241. The molecule has 11 heavy (non-hydrogen) atoms. The Kier molecular flexibility index (Phi) is 2.63. The number of anilines is 1. The van der Waals surface area contributed by atoms with Crippen LogP contribution in [-0.2, 0) is 0 Å². The van der Waals surface area contributed by atoms with Crippen LogP contribution in [0, 0.1) is 0 Å². The van der Waals surface area contributed by atoms with Crippen molar-refractivity contribution >= 4 is 17.6 Å². The van der Waals surface area contributed by atoms with Gasteiger partial charge in [0.05, 0.1) is 12.3 Å². The molecule has 1 aromatic rings. The molecule has 0 bridgehead atoms. The molecule has 0 heterocycles. The Morgan fingerprint density at radius 3 is 2.55 bits per heavy atom. The first kappa shape index (κ1) is 7.75. The number of aliphatic hydroxyl groups excluding tert-OH is 1. The third kappa shape index (κ3) is 2.39. The molecule has 0 atom stereocenters. The van der Waals surface area contributed by atoms with Gasteiger partial charge in [0, 0.05) is 11.9 Å². The fourth-order valence-corrected chi connectivity index (χ4v) is 0.707. The zero-order valence-electron chi connectivity index (χ0n) is 6.07. The van der Waals surface area contributed by atoms with Crippen molar-refractivity contribution in [3.8, 4) is 0 Å². The van der Waals surface area contributed by atoms with E-state index in [-0.39, 0.29) is 6.61 Å². The molecule has 3 nitrogen and oxygen atoms in total. The molecule has 1 aromatic carbocycles. The van der Waals surface area contributed by atoms with Crippen molar-refractivity contribution in [1.82, 2.24) is 0 Å². The summed E-state index contributed by atoms with van der Waals surface area (Å²) < 4.78 is 0. The summed E-state index contributed by atoms with van der Waals surface area (Å²) in [4.78, 5) is 3.94. The number of nitrogen functional groups attached to an aromatic ring is 1. The number of hydrogen-bond acceptors (Lipinski definition) is 3. The maximum Gasteiger partial charge on any atom is 0.0784 e. The highest BCUT2D eigenvalue weighted by atomic mass is 16.2. The normalized spacial score (nSPS) is 10.6. The van der Waals surface area contributed by atoms with Crippen molar-refractivity contribution in [2.45, 2.75) is 0 Å². The Morgan fingerprint density at radius 2 is 2.00 bits per heavy atom. The third-order valence-corrected chi connectivity index (χ3v) is 1.22. The van der Waals surface area contributed by atoms with Gasteiger partial charge in [-0.05, 0) is 24.3 Å². The number of hydrogen-bond donors (Lipinski definition) is 2. The summed E-state index contributed by atoms with van der Waals surface area (Å²) in [6.07, 6.45) is 1.44. The lowest BCUT2D eigenvalue weighted by Gasteiger charge is -1.92. The van der Waals surface area contributed by atoms with Crippen LogP contribution in [0.5, 0.6) is 0 Å². The summed E-state index contributed by atoms with van der Waals surface area (Å²) in [6, 6.07) is 7.12. The Morgan fingerprint density at radius 1 is 1.36 bits per heavy atom. The highest BCUT2D eigenvalue weighted by Gasteiger charge is 1.85. The van der Waals surface area contributed by atoms with Gasteiger partial charge < -0.3 is 10.8 Å². The molecule has 1 rings (SSSR count). The molecule has 0 unspecified atom stereocenters. The zero-order valence-corrected chi connectivity index (χ0v) is 6.07. The van der Waals surface area contributed by atoms with Crippen LogP contribution < -0.4 is 5.73 Å². The van der Waals surface area contributed by atoms with Gasteiger partial charge >= 0.3 is 0 Å². The minimum absolute atomic E-state index is 0.0373. The van der Waals surface area contributed by atoms with E-state index in [1.54, 1.807) is 24.3 Å². The van der Waals surface area contributed by atoms with Crippen molar-refractivity contribution in [1.29, 1.82) is 0 Å². The average molecular weight is 150 g/mol. The molecule has 0 aliphatic rings. The Balaban J connectivity index is 2.73. The van der Waals surface area contributed by atoms with E-state index in [0.29, 0.717) is 5.69 Å². The first-order valence-corrected chi connectivity index (χ1v) is 3.32. The number of nitrogens with two attached hydrogens (primary N) is 1. The molecular formula is C8H10N2O. The topological polar surface area (TPSA) is 58.6 Å². The van der Waals surface area contributed by atoms with Gasteiger partial charge in [-0.25, -0.2) is 0 Å². The summed E-state index contributed by atoms with van der Waals surface area (Å²) >= 11 is 0. The standard InChI is InChI=1S/C8H10N2O/c9-7-1-3-8(4-2-7)10-5-6-11/h1-5,11H,6,9H2. The van der Waals surface area contributed by atoms with Gasteiger partial charge in [-0.15, -0.1) is 0 Å². The van der Waals surface area contributed by atoms with Crippen molar-refractivity contribution < 1.29 is 5.11 Å². The number of rotatable bonds is 2. The number of aliphatic hydroxyl groups is 1. The molecule has 0 amide bonds. The lowest BCUT2D eigenvalue weighted by atomic mass is 10.3. The van der Waals surface area contributed by atoms with E-state index in [1.165, 1.54) is 6.21 Å². The van der Waals surface area contributed by atoms with Gasteiger partial charge in [0.2, 0.25) is 0 Å². The summed E-state index contributed by atoms with van der Waals surface area (Å²) in [5.41, 5.74) is 6.97. The van der Waals surface area contributed by atoms with Crippen LogP contribution in [-0.4, -0.2) is 17.9 Å². The van der Waals surface area contributed by atoms with Crippen molar-refractivity contribution in [2.24, 2.45) is 4.99 Å². The molecule has 0 fully saturated rings. The SMILES string of the molecule is Nc1ccc(N=CCO)cc1. The van der Waals surface area contributed by atoms with E-state index in [4.69, 9.17) is 10.8 Å². The molecule has 0 saturated heterocycles. The summed E-state index contributed by atoms with van der Waals surface area (Å²) in [5.74, 6) is 0. The molecule has 3 N–H and O–H groups in total. The monoisotopic (exact) mass is 150 g/mol. The quantitative estimate of drug-likeness (QED) is 0.487. The maximum atomic E-state index is 8.41. The molecule has 0 spiro atoms. The lowest BCUT2D eigenvalue weighted by Crippen LogP contribution is -1.82. The minimum Gasteiger partial charge on any atom is -0.399 e. The van der Waals surface area contributed by atoms with Crippen LogP contribution in [0.3, 0.4) is 0 Å². The van der Waals surface area contributed by atoms with Gasteiger partial charge in [-0.2, -0.15) is 0 Å². The average Bonchev–Trinajstić information content (AvgIpc) is 2.04. The van der Waals surface area contributed by atoms with Crippen LogP contribution in [0.2, 0.25) is 0 Å². The second-order valence-corrected chi connectivity index (χ2v) is 2.09. The molecule has 0 aliphatic carbocycles. The van der Waals surface area contributed by atoms with Gasteiger partial charge in [0.1, 0.15) is 0 Å². The molecule has 0 saturated carbocycles. The molecule has 0 aliphatic heterocycles. The van der Waals surface area contributed by atoms with Crippen LogP contribution >= 0.6 is 0 Å². The Hall–Kier alpha value is -1.35. The molecular weight excluding hydrogens is 140 g/mol. The first-order chi connectivity index (χ1) is 5.33. The largest absolute Gasteiger partial charge is 0.399 e. The summed E-state index contributed by atoms with van der Waals surface area (Å²) in [5, 5.41) is 8.41. The molecule has 0 aromatic heterocycles. The highest BCUT2D eigenvalue weighted by molar-refractivity contribution is 5.64. The predicted molar refractivity (Wildman–Crippen MR) is 46.1 cm³/mol. The molecule has 0 radical (unpaired) electrons. The van der Waals surface area contributed by atoms with Gasteiger partial charge in [-0.1, -0.05) is 0 Å². The second kappa shape index (κ2) is 3.73. The maximum absolute atomic E-state index is 8.41. The summed E-state index contributed by atoms with van der Waals surface area (Å²) in [6.45, 7) is -0.0373. The highest BCUT2D eigenvalue weighted by Crippen LogP contribution is 2.12. The minimum atomic E-state index is -0.0373. The van der Waals surface area contributed by atoms with Gasteiger partial charge in [-0.3, -0.25) is 4.99 Å². The Labute approximate surface area is 65.2 Å². The van der Waals surface area contributed by atoms with Crippen LogP contribution in [0.15, 0.2) is 29.3 Å². The van der Waals surface area contributed by atoms with Crippen LogP contribution in [0.25, 0.3) is 0 Å². The van der Waals surface area contributed by atoms with Crippen molar-refractivity contribution in [3.05, 3.63) is 24.3 Å². The van der Waals surface area contributed by atoms with Crippen LogP contribution in [0.1, 0.15) is 0 Å². The van der Waals surface area contributed by atoms with E-state index in [9.17, 15) is 0 Å². The van der Waals surface area contributed by atoms with Gasteiger partial charge in [0.15, 0.2) is 0 Å². The lowest BCUT2D eigenvalue weighted by molar-refractivity contribution is 0.361. The second-order valence-electron chi connectivity index (χ2n) is 2.09. The number of nitrogens with zero attached hydrogens (tertiary/aromatic N) is 1. The van der Waals surface area contributed by atoms with E-state index in [0.717, 1.165) is 5.69 Å². The fourth-order valence-electron chi connectivity index (χ4n) is 0.707.